The second-order valence-corrected chi connectivity index (χ2v) is 6.34. The number of halogens is 1. The van der Waals surface area contributed by atoms with Crippen molar-refractivity contribution in [1.29, 1.82) is 0 Å². The zero-order valence-corrected chi connectivity index (χ0v) is 15.5. The number of nitrogens with one attached hydrogen (secondary N) is 1. The van der Waals surface area contributed by atoms with Crippen LogP contribution in [0.15, 0.2) is 72.8 Å². The Kier molecular flexibility index (Phi) is 6.39. The molecule has 0 bridgehead atoms. The second-order valence-electron chi connectivity index (χ2n) is 5.93. The van der Waals surface area contributed by atoms with Crippen molar-refractivity contribution in [2.75, 3.05) is 19.0 Å². The van der Waals surface area contributed by atoms with Crippen LogP contribution >= 0.6 is 11.6 Å². The van der Waals surface area contributed by atoms with E-state index in [0.29, 0.717) is 23.9 Å². The third-order valence-corrected chi connectivity index (χ3v) is 4.34. The van der Waals surface area contributed by atoms with Gasteiger partial charge >= 0.3 is 0 Å². The van der Waals surface area contributed by atoms with Crippen molar-refractivity contribution in [3.05, 3.63) is 88.9 Å². The molecule has 0 spiro atoms. The van der Waals surface area contributed by atoms with Gasteiger partial charge in [0.25, 0.3) is 0 Å². The Balaban J connectivity index is 1.53. The third-order valence-electron chi connectivity index (χ3n) is 4.05. The predicted molar refractivity (Wildman–Crippen MR) is 107 cm³/mol. The molecule has 3 aromatic carbocycles. The molecular weight excluding hydrogens is 346 g/mol. The fourth-order valence-corrected chi connectivity index (χ4v) is 2.91. The highest BCUT2D eigenvalue weighted by molar-refractivity contribution is 6.32. The third kappa shape index (κ3) is 5.17. The number of hydrogen-bond acceptors (Lipinski definition) is 3. The number of hydrogen-bond donors (Lipinski definition) is 1. The Morgan fingerprint density at radius 1 is 0.885 bits per heavy atom. The van der Waals surface area contributed by atoms with Gasteiger partial charge in [-0.2, -0.15) is 0 Å². The molecular formula is C22H22ClNO2. The van der Waals surface area contributed by atoms with Crippen molar-refractivity contribution in [2.24, 2.45) is 0 Å². The molecule has 0 aliphatic carbocycles. The van der Waals surface area contributed by atoms with E-state index in [0.717, 1.165) is 23.4 Å². The van der Waals surface area contributed by atoms with Crippen molar-refractivity contribution in [1.82, 2.24) is 0 Å². The summed E-state index contributed by atoms with van der Waals surface area (Å²) in [4.78, 5) is 0. The van der Waals surface area contributed by atoms with Gasteiger partial charge in [-0.15, -0.1) is 0 Å². The van der Waals surface area contributed by atoms with E-state index in [2.05, 4.69) is 29.6 Å². The van der Waals surface area contributed by atoms with Crippen LogP contribution < -0.4 is 14.8 Å². The highest BCUT2D eigenvalue weighted by Gasteiger charge is 2.03. The van der Waals surface area contributed by atoms with E-state index in [1.807, 2.05) is 48.5 Å². The van der Waals surface area contributed by atoms with Gasteiger partial charge in [-0.25, -0.2) is 0 Å². The zero-order valence-electron chi connectivity index (χ0n) is 14.7. The smallest absolute Gasteiger partial charge is 0.137 e. The average molecular weight is 368 g/mol. The van der Waals surface area contributed by atoms with Gasteiger partial charge in [-0.1, -0.05) is 54.1 Å². The van der Waals surface area contributed by atoms with Gasteiger partial charge in [0.05, 0.1) is 18.7 Å². The summed E-state index contributed by atoms with van der Waals surface area (Å²) in [5.41, 5.74) is 3.38. The van der Waals surface area contributed by atoms with Crippen LogP contribution in [-0.4, -0.2) is 13.7 Å². The van der Waals surface area contributed by atoms with Gasteiger partial charge in [-0.05, 0) is 41.5 Å². The van der Waals surface area contributed by atoms with Crippen LogP contribution in [0.25, 0.3) is 0 Å². The van der Waals surface area contributed by atoms with Gasteiger partial charge in [0, 0.05) is 18.7 Å². The number of rotatable bonds is 8. The fourth-order valence-electron chi connectivity index (χ4n) is 2.66. The molecule has 0 radical (unpaired) electrons. The fraction of sp³-hybridized carbons (Fsp3) is 0.182. The van der Waals surface area contributed by atoms with Gasteiger partial charge in [0.15, 0.2) is 0 Å². The molecule has 0 saturated heterocycles. The topological polar surface area (TPSA) is 30.5 Å². The first-order valence-corrected chi connectivity index (χ1v) is 8.95. The number of methoxy groups -OCH3 is 1. The molecule has 1 N–H and O–H groups in total. The Hall–Kier alpha value is -2.65. The minimum Gasteiger partial charge on any atom is -0.495 e. The van der Waals surface area contributed by atoms with E-state index < -0.39 is 0 Å². The lowest BCUT2D eigenvalue weighted by Crippen LogP contribution is -2.03. The Morgan fingerprint density at radius 3 is 2.46 bits per heavy atom. The monoisotopic (exact) mass is 367 g/mol. The van der Waals surface area contributed by atoms with Crippen molar-refractivity contribution in [3.8, 4) is 11.5 Å². The van der Waals surface area contributed by atoms with Crippen LogP contribution in [-0.2, 0) is 13.0 Å². The summed E-state index contributed by atoms with van der Waals surface area (Å²) >= 11 is 6.16. The lowest BCUT2D eigenvalue weighted by Gasteiger charge is -2.11. The Labute approximate surface area is 159 Å². The first-order valence-electron chi connectivity index (χ1n) is 8.57. The summed E-state index contributed by atoms with van der Waals surface area (Å²) in [6, 6.07) is 24.1. The van der Waals surface area contributed by atoms with E-state index in [4.69, 9.17) is 21.1 Å². The van der Waals surface area contributed by atoms with Crippen molar-refractivity contribution in [3.63, 3.8) is 0 Å². The highest BCUT2D eigenvalue weighted by Crippen LogP contribution is 2.27. The van der Waals surface area contributed by atoms with E-state index >= 15 is 0 Å². The lowest BCUT2D eigenvalue weighted by atomic mass is 10.2. The predicted octanol–water partition coefficient (Wildman–Crippen LogP) is 5.58. The summed E-state index contributed by atoms with van der Waals surface area (Å²) in [5, 5.41) is 3.96. The first kappa shape index (κ1) is 18.2. The maximum absolute atomic E-state index is 6.16. The Morgan fingerprint density at radius 2 is 1.69 bits per heavy atom. The maximum Gasteiger partial charge on any atom is 0.137 e. The molecule has 0 fully saturated rings. The van der Waals surface area contributed by atoms with Crippen molar-refractivity contribution in [2.45, 2.75) is 13.0 Å². The highest BCUT2D eigenvalue weighted by atomic mass is 35.5. The molecule has 0 aromatic heterocycles. The molecule has 4 heteroatoms. The molecule has 0 heterocycles. The Bertz CT molecular complexity index is 837. The van der Waals surface area contributed by atoms with Crippen LogP contribution in [0.5, 0.6) is 11.5 Å². The van der Waals surface area contributed by atoms with Crippen molar-refractivity contribution < 1.29 is 9.47 Å². The molecule has 3 aromatic rings. The first-order chi connectivity index (χ1) is 12.7. The maximum atomic E-state index is 6.16. The quantitative estimate of drug-likeness (QED) is 0.563. The summed E-state index contributed by atoms with van der Waals surface area (Å²) in [6.07, 6.45) is 0.896. The van der Waals surface area contributed by atoms with Gasteiger partial charge in [0.1, 0.15) is 11.5 Å². The van der Waals surface area contributed by atoms with Gasteiger partial charge in [0.2, 0.25) is 0 Å². The van der Waals surface area contributed by atoms with Gasteiger partial charge < -0.3 is 14.8 Å². The molecule has 0 atom stereocenters. The SMILES string of the molecule is COc1ccc(NCc2cccc(OCCc3ccccc3)c2)cc1Cl. The second kappa shape index (κ2) is 9.16. The van der Waals surface area contributed by atoms with E-state index in [1.54, 1.807) is 7.11 Å². The average Bonchev–Trinajstić information content (AvgIpc) is 2.68. The van der Waals surface area contributed by atoms with Crippen LogP contribution in [0.4, 0.5) is 5.69 Å². The van der Waals surface area contributed by atoms with Crippen molar-refractivity contribution >= 4 is 17.3 Å². The molecule has 0 amide bonds. The van der Waals surface area contributed by atoms with E-state index in [1.165, 1.54) is 5.56 Å². The number of benzene rings is 3. The van der Waals surface area contributed by atoms with Gasteiger partial charge in [-0.3, -0.25) is 0 Å². The van der Waals surface area contributed by atoms with Crippen LogP contribution in [0, 0.1) is 0 Å². The zero-order chi connectivity index (χ0) is 18.2. The number of anilines is 1. The standard InChI is InChI=1S/C22H22ClNO2/c1-25-22-11-10-19(15-21(22)23)24-16-18-8-5-9-20(14-18)26-13-12-17-6-3-2-4-7-17/h2-11,14-15,24H,12-13,16H2,1H3. The normalized spacial score (nSPS) is 10.4. The van der Waals surface area contributed by atoms with E-state index in [-0.39, 0.29) is 0 Å². The molecule has 134 valence electrons. The largest absolute Gasteiger partial charge is 0.495 e. The summed E-state index contributed by atoms with van der Waals surface area (Å²) < 4.78 is 11.1. The van der Waals surface area contributed by atoms with Crippen LogP contribution in [0.1, 0.15) is 11.1 Å². The summed E-state index contributed by atoms with van der Waals surface area (Å²) in [7, 11) is 1.61. The molecule has 3 rings (SSSR count). The number of ether oxygens (including phenoxy) is 2. The van der Waals surface area contributed by atoms with Crippen LogP contribution in [0.3, 0.4) is 0 Å². The van der Waals surface area contributed by atoms with Crippen LogP contribution in [0.2, 0.25) is 5.02 Å². The molecule has 0 aliphatic heterocycles. The molecule has 0 unspecified atom stereocenters. The summed E-state index contributed by atoms with van der Waals surface area (Å²) in [6.45, 7) is 1.35. The molecule has 3 nitrogen and oxygen atoms in total. The molecule has 26 heavy (non-hydrogen) atoms. The van der Waals surface area contributed by atoms with E-state index in [9.17, 15) is 0 Å². The minimum absolute atomic E-state index is 0.593. The molecule has 0 saturated carbocycles. The lowest BCUT2D eigenvalue weighted by molar-refractivity contribution is 0.321. The molecule has 0 aliphatic rings. The summed E-state index contributed by atoms with van der Waals surface area (Å²) in [5.74, 6) is 1.55. The minimum atomic E-state index is 0.593.